The molecule has 0 aliphatic heterocycles. The van der Waals surface area contributed by atoms with Crippen molar-refractivity contribution in [2.24, 2.45) is 0 Å². The first-order valence-electron chi connectivity index (χ1n) is 4.07. The van der Waals surface area contributed by atoms with E-state index in [1.165, 1.54) is 11.1 Å². The van der Waals surface area contributed by atoms with Gasteiger partial charge in [0, 0.05) is 6.42 Å². The van der Waals surface area contributed by atoms with Crippen LogP contribution in [-0.4, -0.2) is 5.78 Å². The molecule has 0 N–H and O–H groups in total. The molecule has 0 aliphatic carbocycles. The summed E-state index contributed by atoms with van der Waals surface area (Å²) in [5.41, 5.74) is 3.44. The maximum atomic E-state index is 10.9. The van der Waals surface area contributed by atoms with E-state index in [2.05, 4.69) is 6.07 Å². The van der Waals surface area contributed by atoms with Gasteiger partial charge in [0.15, 0.2) is 0 Å². The molecule has 0 bridgehead atoms. The predicted octanol–water partition coefficient (Wildman–Crippen LogP) is 2.24. The maximum absolute atomic E-state index is 10.9. The summed E-state index contributed by atoms with van der Waals surface area (Å²) in [6, 6.07) is 6.98. The normalized spacial score (nSPS) is 9.92. The Hall–Kier alpha value is -1.11. The third-order valence-corrected chi connectivity index (χ3v) is 2.06. The van der Waals surface area contributed by atoms with Crippen LogP contribution in [0.2, 0.25) is 0 Å². The lowest BCUT2D eigenvalue weighted by atomic mass is 10.00. The van der Waals surface area contributed by atoms with E-state index in [0.717, 1.165) is 5.56 Å². The summed E-state index contributed by atoms with van der Waals surface area (Å²) in [6.07, 6.45) is 0.507. The Morgan fingerprint density at radius 2 is 2.17 bits per heavy atom. The van der Waals surface area contributed by atoms with Gasteiger partial charge in [-0.1, -0.05) is 12.1 Å². The molecule has 1 radical (unpaired) electrons. The van der Waals surface area contributed by atoms with Gasteiger partial charge >= 0.3 is 0 Å². The number of carbonyl (C=O) groups excluding carboxylic acids is 1. The van der Waals surface area contributed by atoms with Gasteiger partial charge in [-0.3, -0.25) is 4.79 Å². The molecule has 0 aromatic heterocycles. The van der Waals surface area contributed by atoms with Crippen molar-refractivity contribution in [1.82, 2.24) is 0 Å². The van der Waals surface area contributed by atoms with Gasteiger partial charge in [-0.2, -0.15) is 0 Å². The number of ketones is 1. The number of carbonyl (C=O) groups is 1. The van der Waals surface area contributed by atoms with Gasteiger partial charge in [0.25, 0.3) is 0 Å². The molecule has 0 amide bonds. The second-order valence-corrected chi connectivity index (χ2v) is 3.14. The van der Waals surface area contributed by atoms with Gasteiger partial charge in [-0.15, -0.1) is 0 Å². The van der Waals surface area contributed by atoms with Gasteiger partial charge in [-0.25, -0.2) is 0 Å². The van der Waals surface area contributed by atoms with Crippen LogP contribution >= 0.6 is 0 Å². The minimum Gasteiger partial charge on any atom is -0.300 e. The van der Waals surface area contributed by atoms with Crippen molar-refractivity contribution >= 4 is 5.78 Å². The van der Waals surface area contributed by atoms with Crippen LogP contribution in [0.4, 0.5) is 0 Å². The van der Waals surface area contributed by atoms with Gasteiger partial charge in [-0.05, 0) is 43.5 Å². The molecule has 0 atom stereocenters. The highest BCUT2D eigenvalue weighted by atomic mass is 16.1. The number of benzene rings is 1. The molecule has 0 spiro atoms. The van der Waals surface area contributed by atoms with Crippen molar-refractivity contribution < 1.29 is 4.79 Å². The van der Waals surface area contributed by atoms with E-state index in [4.69, 9.17) is 0 Å². The van der Waals surface area contributed by atoms with E-state index in [1.807, 2.05) is 26.0 Å². The van der Waals surface area contributed by atoms with Crippen LogP contribution in [0, 0.1) is 19.9 Å². The van der Waals surface area contributed by atoms with Crippen LogP contribution in [0.15, 0.2) is 12.1 Å². The Labute approximate surface area is 73.4 Å². The Morgan fingerprint density at radius 3 is 2.75 bits per heavy atom. The molecule has 0 saturated carbocycles. The van der Waals surface area contributed by atoms with Crippen molar-refractivity contribution in [2.45, 2.75) is 27.2 Å². The molecule has 1 rings (SSSR count). The number of hydrogen-bond donors (Lipinski definition) is 0. The predicted molar refractivity (Wildman–Crippen MR) is 49.1 cm³/mol. The van der Waals surface area contributed by atoms with Crippen LogP contribution in [0.1, 0.15) is 23.6 Å². The van der Waals surface area contributed by atoms with Crippen LogP contribution in [0.3, 0.4) is 0 Å². The number of rotatable bonds is 2. The van der Waals surface area contributed by atoms with Gasteiger partial charge in [0.1, 0.15) is 5.78 Å². The lowest BCUT2D eigenvalue weighted by Gasteiger charge is -2.05. The first-order chi connectivity index (χ1) is 5.61. The van der Waals surface area contributed by atoms with Crippen LogP contribution < -0.4 is 0 Å². The Balaban J connectivity index is 3.00. The van der Waals surface area contributed by atoms with Gasteiger partial charge in [0.05, 0.1) is 0 Å². The Kier molecular flexibility index (Phi) is 2.64. The van der Waals surface area contributed by atoms with Crippen molar-refractivity contribution in [2.75, 3.05) is 0 Å². The second-order valence-electron chi connectivity index (χ2n) is 3.14. The topological polar surface area (TPSA) is 17.1 Å². The standard InChI is InChI=1S/C11H13O/c1-8-5-4-6-11(10(8)3)7-9(2)12/h4-5H,7H2,1-3H3. The number of aryl methyl sites for hydroxylation is 1. The zero-order valence-electron chi connectivity index (χ0n) is 7.77. The van der Waals surface area contributed by atoms with E-state index in [9.17, 15) is 4.79 Å². The molecule has 1 aromatic rings. The third kappa shape index (κ3) is 1.94. The highest BCUT2D eigenvalue weighted by molar-refractivity contribution is 5.78. The van der Waals surface area contributed by atoms with Crippen LogP contribution in [0.5, 0.6) is 0 Å². The fraction of sp³-hybridized carbons (Fsp3) is 0.364. The number of Topliss-reactive ketones (excluding diaryl/α,β-unsaturated/α-hetero) is 1. The molecular weight excluding hydrogens is 148 g/mol. The zero-order chi connectivity index (χ0) is 9.14. The van der Waals surface area contributed by atoms with E-state index >= 15 is 0 Å². The molecule has 1 heteroatoms. The summed E-state index contributed by atoms with van der Waals surface area (Å²) < 4.78 is 0. The van der Waals surface area contributed by atoms with Crippen LogP contribution in [0.25, 0.3) is 0 Å². The fourth-order valence-corrected chi connectivity index (χ4v) is 1.17. The molecule has 63 valence electrons. The quantitative estimate of drug-likeness (QED) is 0.650. The average Bonchev–Trinajstić information content (AvgIpc) is 1.98. The molecule has 0 fully saturated rings. The average molecular weight is 161 g/mol. The van der Waals surface area contributed by atoms with Crippen molar-refractivity contribution in [3.63, 3.8) is 0 Å². The third-order valence-electron chi connectivity index (χ3n) is 2.06. The summed E-state index contributed by atoms with van der Waals surface area (Å²) in [7, 11) is 0. The summed E-state index contributed by atoms with van der Waals surface area (Å²) in [5, 5.41) is 0. The molecular formula is C11H13O. The Bertz CT molecular complexity index is 300. The fourth-order valence-electron chi connectivity index (χ4n) is 1.17. The van der Waals surface area contributed by atoms with E-state index in [-0.39, 0.29) is 5.78 Å². The molecule has 0 unspecified atom stereocenters. The molecule has 12 heavy (non-hydrogen) atoms. The first-order valence-corrected chi connectivity index (χ1v) is 4.07. The monoisotopic (exact) mass is 161 g/mol. The largest absolute Gasteiger partial charge is 0.300 e. The second kappa shape index (κ2) is 3.53. The molecule has 1 nitrogen and oxygen atoms in total. The minimum atomic E-state index is 0.194. The lowest BCUT2D eigenvalue weighted by molar-refractivity contribution is -0.116. The SMILES string of the molecule is CC(=O)Cc1[c]ccc(C)c1C. The summed E-state index contributed by atoms with van der Waals surface area (Å²) in [6.45, 7) is 5.69. The van der Waals surface area contributed by atoms with Crippen molar-refractivity contribution in [3.8, 4) is 0 Å². The zero-order valence-corrected chi connectivity index (χ0v) is 7.77. The lowest BCUT2D eigenvalue weighted by Crippen LogP contribution is -1.99. The summed E-state index contributed by atoms with van der Waals surface area (Å²) in [5.74, 6) is 0.194. The van der Waals surface area contributed by atoms with Crippen molar-refractivity contribution in [3.05, 3.63) is 34.9 Å². The van der Waals surface area contributed by atoms with Crippen LogP contribution in [-0.2, 0) is 11.2 Å². The van der Waals surface area contributed by atoms with Gasteiger partial charge < -0.3 is 0 Å². The molecule has 1 aromatic carbocycles. The minimum absolute atomic E-state index is 0.194. The van der Waals surface area contributed by atoms with E-state index < -0.39 is 0 Å². The van der Waals surface area contributed by atoms with Gasteiger partial charge in [0.2, 0.25) is 0 Å². The summed E-state index contributed by atoms with van der Waals surface area (Å²) >= 11 is 0. The Morgan fingerprint density at radius 1 is 1.50 bits per heavy atom. The van der Waals surface area contributed by atoms with E-state index in [0.29, 0.717) is 6.42 Å². The first kappa shape index (κ1) is 8.98. The molecule has 0 aliphatic rings. The number of hydrogen-bond acceptors (Lipinski definition) is 1. The summed E-state index contributed by atoms with van der Waals surface area (Å²) in [4.78, 5) is 10.9. The van der Waals surface area contributed by atoms with Crippen molar-refractivity contribution in [1.29, 1.82) is 0 Å². The molecule has 0 saturated heterocycles. The highest BCUT2D eigenvalue weighted by Gasteiger charge is 2.02. The highest BCUT2D eigenvalue weighted by Crippen LogP contribution is 2.12. The molecule has 0 heterocycles. The maximum Gasteiger partial charge on any atom is 0.134 e. The van der Waals surface area contributed by atoms with E-state index in [1.54, 1.807) is 6.92 Å². The smallest absolute Gasteiger partial charge is 0.134 e.